The third-order valence-electron chi connectivity index (χ3n) is 0.878. The van der Waals surface area contributed by atoms with Crippen LogP contribution in [0.1, 0.15) is 0 Å². The van der Waals surface area contributed by atoms with Gasteiger partial charge in [-0.05, 0) is 0 Å². The van der Waals surface area contributed by atoms with Crippen LogP contribution in [-0.2, 0) is 0 Å². The molecule has 0 heterocycles. The summed E-state index contributed by atoms with van der Waals surface area (Å²) in [7, 11) is 6.15. The first-order chi connectivity index (χ1) is 3.25. The van der Waals surface area contributed by atoms with Gasteiger partial charge in [0.1, 0.15) is 0 Å². The number of nitrogens with zero attached hydrogens (tertiary/aromatic N) is 1. The van der Waals surface area contributed by atoms with Crippen LogP contribution in [-0.4, -0.2) is 27.9 Å². The summed E-state index contributed by atoms with van der Waals surface area (Å²) < 4.78 is -0.202. The van der Waals surface area contributed by atoms with E-state index in [9.17, 15) is 0 Å². The number of hydrogen-bond donors (Lipinski definition) is 0. The second-order valence-electron chi connectivity index (χ2n) is 2.66. The third kappa shape index (κ3) is 2.89. The largest absolute Gasteiger partial charge is 0.491 e. The van der Waals surface area contributed by atoms with Gasteiger partial charge < -0.3 is 4.39 Å². The van der Waals surface area contributed by atoms with E-state index in [0.717, 1.165) is 4.39 Å². The first-order valence-corrected chi connectivity index (χ1v) is 4.85. The Morgan fingerprint density at radius 1 is 1.50 bits per heavy atom. The maximum Gasteiger partial charge on any atom is 0.408 e. The zero-order valence-electron chi connectivity index (χ0n) is 5.16. The Balaban J connectivity index is 4.02. The lowest BCUT2D eigenvalue weighted by Crippen LogP contribution is -2.49. The molecule has 0 saturated heterocycles. The maximum absolute atomic E-state index is 5.95. The third-order valence-corrected chi connectivity index (χ3v) is 4.36. The van der Waals surface area contributed by atoms with Crippen molar-refractivity contribution in [1.82, 2.24) is 0 Å². The number of rotatable bonds is 1. The van der Waals surface area contributed by atoms with E-state index < -0.39 is 2.38 Å². The molecule has 0 spiro atoms. The molecular weight excluding hydrogens is 303 g/mol. The van der Waals surface area contributed by atoms with Gasteiger partial charge >= 0.3 is 2.38 Å². The molecule has 5 heteroatoms. The summed E-state index contributed by atoms with van der Waals surface area (Å²) in [6.07, 6.45) is 0. The number of quaternary nitrogens is 1. The molecule has 0 aromatic heterocycles. The highest BCUT2D eigenvalue weighted by Gasteiger charge is 2.29. The molecule has 50 valence electrons. The molecule has 0 amide bonds. The van der Waals surface area contributed by atoms with Crippen LogP contribution in [0, 0.1) is 0 Å². The Labute approximate surface area is 77.0 Å². The van der Waals surface area contributed by atoms with Gasteiger partial charge in [-0.15, -0.1) is 0 Å². The Morgan fingerprint density at radius 3 is 1.62 bits per heavy atom. The summed E-state index contributed by atoms with van der Waals surface area (Å²) in [5.41, 5.74) is 0. The first kappa shape index (κ1) is 9.52. The van der Waals surface area contributed by atoms with Crippen LogP contribution in [0.4, 0.5) is 0 Å². The minimum absolute atomic E-state index is 0.752. The van der Waals surface area contributed by atoms with Crippen molar-refractivity contribution in [3.05, 3.63) is 0 Å². The minimum Gasteiger partial charge on any atom is -0.491 e. The lowest BCUT2D eigenvalue weighted by atomic mass is 10.3. The highest BCUT2D eigenvalue weighted by Crippen LogP contribution is 2.31. The molecule has 0 aromatic carbocycles. The summed E-state index contributed by atoms with van der Waals surface area (Å²) in [5.74, 6) is 0. The van der Waals surface area contributed by atoms with Crippen molar-refractivity contribution in [1.29, 1.82) is 0 Å². The van der Waals surface area contributed by atoms with Gasteiger partial charge in [0.25, 0.3) is 0 Å². The van der Waals surface area contributed by atoms with E-state index in [1.165, 1.54) is 0 Å². The topological polar surface area (TPSA) is 0 Å². The fourth-order valence-corrected chi connectivity index (χ4v) is 0. The van der Waals surface area contributed by atoms with Gasteiger partial charge in [-0.3, -0.25) is 11.5 Å². The van der Waals surface area contributed by atoms with Gasteiger partial charge in [0, 0.05) is 21.1 Å². The normalized spacial score (nSPS) is 20.2. The quantitative estimate of drug-likeness (QED) is 0.514. The predicted octanol–water partition coefficient (Wildman–Crippen LogP) is 2.20. The van der Waals surface area contributed by atoms with Crippen LogP contribution in [0.25, 0.3) is 0 Å². The van der Waals surface area contributed by atoms with Crippen molar-refractivity contribution < 1.29 is 4.39 Å². The fraction of sp³-hybridized carbons (Fsp3) is 1.00. The van der Waals surface area contributed by atoms with E-state index in [-0.39, 0.29) is 0 Å². The van der Waals surface area contributed by atoms with E-state index in [2.05, 4.69) is 38.1 Å². The zero-order valence-corrected chi connectivity index (χ0v) is 9.66. The molecule has 1 unspecified atom stereocenters. The van der Waals surface area contributed by atoms with E-state index in [1.54, 1.807) is 0 Å². The van der Waals surface area contributed by atoms with E-state index in [0.29, 0.717) is 0 Å². The molecule has 0 radical (unpaired) electrons. The summed E-state index contributed by atoms with van der Waals surface area (Å²) in [6.45, 7) is 0. The lowest BCUT2D eigenvalue weighted by Gasteiger charge is -2.41. The van der Waals surface area contributed by atoms with Crippen molar-refractivity contribution in [2.24, 2.45) is 0 Å². The van der Waals surface area contributed by atoms with Crippen molar-refractivity contribution in [2.75, 3.05) is 21.1 Å². The van der Waals surface area contributed by atoms with Crippen molar-refractivity contribution in [3.63, 3.8) is 0 Å². The van der Waals surface area contributed by atoms with Gasteiger partial charge in [0.2, 0.25) is 0 Å². The van der Waals surface area contributed by atoms with Crippen LogP contribution in [0.3, 0.4) is 0 Å². The highest BCUT2D eigenvalue weighted by atomic mass is 127. The second kappa shape index (κ2) is 2.64. The van der Waals surface area contributed by atoms with Gasteiger partial charge in [-0.2, -0.15) is 0 Å². The molecule has 0 saturated carbocycles. The molecule has 0 aromatic rings. The van der Waals surface area contributed by atoms with Crippen LogP contribution in [0.2, 0.25) is 0 Å². The van der Waals surface area contributed by atoms with E-state index >= 15 is 0 Å². The molecule has 0 N–H and O–H groups in total. The molecular formula is C3H9BBrClIN. The van der Waals surface area contributed by atoms with Gasteiger partial charge in [-0.25, -0.2) is 38.1 Å². The minimum atomic E-state index is -0.954. The summed E-state index contributed by atoms with van der Waals surface area (Å²) >= 11 is 11.5. The second-order valence-corrected chi connectivity index (χ2v) is 9.39. The average molecular weight is 312 g/mol. The summed E-state index contributed by atoms with van der Waals surface area (Å²) in [4.78, 5) is 0. The van der Waals surface area contributed by atoms with Crippen molar-refractivity contribution >= 4 is 52.0 Å². The Bertz CT molecular complexity index is 74.3. The molecule has 1 atom stereocenters. The van der Waals surface area contributed by atoms with Crippen LogP contribution < -0.4 is 0 Å². The molecule has 0 rings (SSSR count). The summed E-state index contributed by atoms with van der Waals surface area (Å²) in [6, 6.07) is 0. The number of hydrogen-bond acceptors (Lipinski definition) is 0. The molecule has 1 nitrogen and oxygen atoms in total. The maximum atomic E-state index is 5.95. The molecule has 0 bridgehead atoms. The standard InChI is InChI=1S/C3H9BBrClIN/c1-8(2,3)4(5,6)7/h1-3H3. The molecule has 0 aliphatic rings. The Kier molecular flexibility index (Phi) is 3.14. The smallest absolute Gasteiger partial charge is 0.408 e. The first-order valence-electron chi connectivity index (χ1n) is 2.25. The monoisotopic (exact) mass is 311 g/mol. The van der Waals surface area contributed by atoms with Gasteiger partial charge in [0.15, 0.2) is 0 Å². The molecule has 8 heavy (non-hydrogen) atoms. The molecule has 0 aliphatic carbocycles. The fourth-order valence-electron chi connectivity index (χ4n) is 0. The van der Waals surface area contributed by atoms with Crippen LogP contribution >= 0.6 is 49.6 Å². The Hall–Kier alpha value is 1.52. The average Bonchev–Trinajstić information content (AvgIpc) is 1.25. The van der Waals surface area contributed by atoms with Crippen LogP contribution in [0.15, 0.2) is 0 Å². The van der Waals surface area contributed by atoms with Gasteiger partial charge in [0.05, 0.1) is 0 Å². The van der Waals surface area contributed by atoms with E-state index in [1.807, 2.05) is 21.1 Å². The zero-order chi connectivity index (χ0) is 7.00. The summed E-state index contributed by atoms with van der Waals surface area (Å²) in [5, 5.41) is 0. The van der Waals surface area contributed by atoms with E-state index in [4.69, 9.17) is 11.5 Å². The highest BCUT2D eigenvalue weighted by molar-refractivity contribution is 14.1. The molecule has 0 aliphatic heterocycles. The van der Waals surface area contributed by atoms with Crippen molar-refractivity contribution in [2.45, 2.75) is 0 Å². The Morgan fingerprint density at radius 2 is 1.62 bits per heavy atom. The van der Waals surface area contributed by atoms with Crippen molar-refractivity contribution in [3.8, 4) is 0 Å². The number of halogens is 3. The SMILES string of the molecule is C[N+](C)(C)[B-](Cl)(Br)I. The predicted molar refractivity (Wildman–Crippen MR) is 52.6 cm³/mol. The lowest BCUT2D eigenvalue weighted by molar-refractivity contribution is -0.756. The molecule has 0 fully saturated rings. The van der Waals surface area contributed by atoms with Crippen LogP contribution in [0.5, 0.6) is 0 Å². The van der Waals surface area contributed by atoms with Gasteiger partial charge in [-0.1, -0.05) is 0 Å².